The number of nitrogens with zero attached hydrogens (tertiary/aromatic N) is 2. The molecule has 2 aliphatic rings. The van der Waals surface area contributed by atoms with Crippen LogP contribution in [0.5, 0.6) is 0 Å². The molecular weight excluding hydrogens is 302 g/mol. The van der Waals surface area contributed by atoms with Gasteiger partial charge in [0.1, 0.15) is 11.5 Å². The van der Waals surface area contributed by atoms with Gasteiger partial charge in [0.25, 0.3) is 0 Å². The normalized spacial score (nSPS) is 18.1. The van der Waals surface area contributed by atoms with Gasteiger partial charge in [-0.25, -0.2) is 9.38 Å². The number of halogens is 4. The van der Waals surface area contributed by atoms with Gasteiger partial charge in [-0.05, 0) is 30.9 Å². The number of hydrogen-bond donors (Lipinski definition) is 1. The Hall–Kier alpha value is -1.83. The van der Waals surface area contributed by atoms with Gasteiger partial charge in [-0.1, -0.05) is 6.07 Å². The Morgan fingerprint density at radius 3 is 2.68 bits per heavy atom. The minimum atomic E-state index is -4.68. The Morgan fingerprint density at radius 1 is 1.32 bits per heavy atom. The molecule has 0 aromatic heterocycles. The highest BCUT2D eigenvalue weighted by Crippen LogP contribution is 2.39. The van der Waals surface area contributed by atoms with Gasteiger partial charge in [-0.15, -0.1) is 0 Å². The summed E-state index contributed by atoms with van der Waals surface area (Å²) < 4.78 is 53.7. The van der Waals surface area contributed by atoms with Gasteiger partial charge in [0.2, 0.25) is 5.96 Å². The summed E-state index contributed by atoms with van der Waals surface area (Å²) in [6.07, 6.45) is -2.74. The zero-order chi connectivity index (χ0) is 15.7. The average Bonchev–Trinajstić information content (AvgIpc) is 3.12. The first-order chi connectivity index (χ1) is 10.5. The van der Waals surface area contributed by atoms with E-state index < -0.39 is 23.2 Å². The number of para-hydroxylation sites is 1. The molecule has 1 fully saturated rings. The number of nitrogens with one attached hydrogen (secondary N) is 1. The predicted molar refractivity (Wildman–Crippen MR) is 72.9 cm³/mol. The lowest BCUT2D eigenvalue weighted by atomic mass is 10.1. The van der Waals surface area contributed by atoms with E-state index in [1.807, 2.05) is 0 Å². The monoisotopic (exact) mass is 317 g/mol. The van der Waals surface area contributed by atoms with E-state index >= 15 is 0 Å². The average molecular weight is 317 g/mol. The van der Waals surface area contributed by atoms with E-state index in [9.17, 15) is 17.6 Å². The second-order valence-electron chi connectivity index (χ2n) is 5.30. The molecule has 22 heavy (non-hydrogen) atoms. The van der Waals surface area contributed by atoms with E-state index in [0.29, 0.717) is 19.0 Å². The number of aliphatic imine (C=N–C) groups is 1. The number of benzene rings is 1. The molecule has 1 aromatic carbocycles. The van der Waals surface area contributed by atoms with E-state index in [4.69, 9.17) is 4.84 Å². The van der Waals surface area contributed by atoms with Crippen LogP contribution in [0.3, 0.4) is 0 Å². The fraction of sp³-hybridized carbons (Fsp3) is 0.500. The summed E-state index contributed by atoms with van der Waals surface area (Å²) in [5.74, 6) is -0.580. The Bertz CT molecular complexity index is 584. The van der Waals surface area contributed by atoms with Crippen molar-refractivity contribution >= 4 is 11.6 Å². The van der Waals surface area contributed by atoms with Crippen LogP contribution in [0.1, 0.15) is 18.4 Å². The molecule has 0 unspecified atom stereocenters. The van der Waals surface area contributed by atoms with Crippen LogP contribution in [-0.2, 0) is 11.0 Å². The number of anilines is 1. The first-order valence-electron chi connectivity index (χ1n) is 7.04. The van der Waals surface area contributed by atoms with E-state index in [-0.39, 0.29) is 12.6 Å². The molecule has 1 aliphatic carbocycles. The Labute approximate surface area is 124 Å². The molecule has 0 saturated heterocycles. The fourth-order valence-corrected chi connectivity index (χ4v) is 2.17. The lowest BCUT2D eigenvalue weighted by Crippen LogP contribution is -2.41. The third-order valence-corrected chi connectivity index (χ3v) is 3.48. The summed E-state index contributed by atoms with van der Waals surface area (Å²) in [6.45, 7) is 1.13. The summed E-state index contributed by atoms with van der Waals surface area (Å²) in [5, 5.41) is 3.67. The van der Waals surface area contributed by atoms with Crippen molar-refractivity contribution in [2.75, 3.05) is 24.8 Å². The summed E-state index contributed by atoms with van der Waals surface area (Å²) in [5.41, 5.74) is -1.73. The molecule has 0 radical (unpaired) electrons. The Balaban J connectivity index is 1.98. The van der Waals surface area contributed by atoms with Crippen LogP contribution in [0, 0.1) is 11.7 Å². The van der Waals surface area contributed by atoms with Gasteiger partial charge < -0.3 is 5.32 Å². The van der Waals surface area contributed by atoms with Gasteiger partial charge in [-0.3, -0.25) is 4.84 Å². The first kappa shape index (κ1) is 15.1. The Kier molecular flexibility index (Phi) is 3.94. The van der Waals surface area contributed by atoms with Gasteiger partial charge in [0.05, 0.1) is 18.7 Å². The molecule has 0 spiro atoms. The van der Waals surface area contributed by atoms with E-state index in [1.165, 1.54) is 0 Å². The topological polar surface area (TPSA) is 36.9 Å². The number of alkyl halides is 3. The van der Waals surface area contributed by atoms with Gasteiger partial charge in [0.15, 0.2) is 0 Å². The standard InChI is InChI=1S/C14H15F4N3O/c15-11-3-1-2-10(14(16,17)18)12(11)21(13-19-6-7-20-13)22-8-9-4-5-9/h1-3,9H,4-8H2,(H,19,20). The summed E-state index contributed by atoms with van der Waals surface area (Å²) in [6, 6.07) is 2.85. The summed E-state index contributed by atoms with van der Waals surface area (Å²) >= 11 is 0. The zero-order valence-corrected chi connectivity index (χ0v) is 11.7. The van der Waals surface area contributed by atoms with Gasteiger partial charge in [0, 0.05) is 6.54 Å². The number of hydroxylamine groups is 1. The highest BCUT2D eigenvalue weighted by Gasteiger charge is 2.38. The minimum absolute atomic E-state index is 0.108. The van der Waals surface area contributed by atoms with E-state index in [2.05, 4.69) is 10.3 Å². The van der Waals surface area contributed by atoms with Crippen molar-refractivity contribution in [2.45, 2.75) is 19.0 Å². The molecule has 1 aliphatic heterocycles. The van der Waals surface area contributed by atoms with E-state index in [0.717, 1.165) is 36.1 Å². The maximum Gasteiger partial charge on any atom is 0.418 e. The maximum atomic E-state index is 14.1. The van der Waals surface area contributed by atoms with Crippen LogP contribution in [0.2, 0.25) is 0 Å². The van der Waals surface area contributed by atoms with Crippen LogP contribution in [0.25, 0.3) is 0 Å². The van der Waals surface area contributed by atoms with Crippen LogP contribution < -0.4 is 10.4 Å². The fourth-order valence-electron chi connectivity index (χ4n) is 2.17. The molecule has 0 bridgehead atoms. The minimum Gasteiger partial charge on any atom is -0.352 e. The largest absolute Gasteiger partial charge is 0.418 e. The van der Waals surface area contributed by atoms with Gasteiger partial charge >= 0.3 is 6.18 Å². The van der Waals surface area contributed by atoms with Crippen molar-refractivity contribution in [1.29, 1.82) is 0 Å². The number of hydrogen-bond acceptors (Lipinski definition) is 4. The quantitative estimate of drug-likeness (QED) is 0.685. The van der Waals surface area contributed by atoms with Crippen LogP contribution in [0.4, 0.5) is 23.2 Å². The molecular formula is C14H15F4N3O. The van der Waals surface area contributed by atoms with Gasteiger partial charge in [-0.2, -0.15) is 18.2 Å². The zero-order valence-electron chi connectivity index (χ0n) is 11.7. The summed E-state index contributed by atoms with van der Waals surface area (Å²) in [7, 11) is 0. The van der Waals surface area contributed by atoms with Crippen molar-refractivity contribution in [2.24, 2.45) is 10.9 Å². The van der Waals surface area contributed by atoms with Crippen molar-refractivity contribution in [1.82, 2.24) is 5.32 Å². The van der Waals surface area contributed by atoms with Crippen molar-refractivity contribution in [3.05, 3.63) is 29.6 Å². The Morgan fingerprint density at radius 2 is 2.09 bits per heavy atom. The smallest absolute Gasteiger partial charge is 0.352 e. The molecule has 1 N–H and O–H groups in total. The van der Waals surface area contributed by atoms with Crippen LogP contribution in [-0.4, -0.2) is 25.7 Å². The highest BCUT2D eigenvalue weighted by molar-refractivity contribution is 5.96. The highest BCUT2D eigenvalue weighted by atomic mass is 19.4. The third kappa shape index (κ3) is 3.16. The molecule has 1 saturated carbocycles. The third-order valence-electron chi connectivity index (χ3n) is 3.48. The molecule has 120 valence electrons. The van der Waals surface area contributed by atoms with Crippen LogP contribution in [0.15, 0.2) is 23.2 Å². The lowest BCUT2D eigenvalue weighted by molar-refractivity contribution is -0.137. The second-order valence-corrected chi connectivity index (χ2v) is 5.30. The van der Waals surface area contributed by atoms with Crippen molar-refractivity contribution < 1.29 is 22.4 Å². The summed E-state index contributed by atoms with van der Waals surface area (Å²) in [4.78, 5) is 9.50. The number of rotatable bonds is 4. The molecule has 3 rings (SSSR count). The SMILES string of the molecule is Fc1cccc(C(F)(F)F)c1N(OCC1CC1)C1=NCCN1. The second kappa shape index (κ2) is 5.75. The molecule has 0 atom stereocenters. The van der Waals surface area contributed by atoms with E-state index in [1.54, 1.807) is 0 Å². The molecule has 1 aromatic rings. The predicted octanol–water partition coefficient (Wildman–Crippen LogP) is 2.95. The van der Waals surface area contributed by atoms with Crippen molar-refractivity contribution in [3.63, 3.8) is 0 Å². The molecule has 1 heterocycles. The molecule has 8 heteroatoms. The van der Waals surface area contributed by atoms with Crippen LogP contribution >= 0.6 is 0 Å². The lowest BCUT2D eigenvalue weighted by Gasteiger charge is -2.26. The first-order valence-corrected chi connectivity index (χ1v) is 7.04. The number of guanidine groups is 1. The van der Waals surface area contributed by atoms with Crippen molar-refractivity contribution in [3.8, 4) is 0 Å². The molecule has 4 nitrogen and oxygen atoms in total. The maximum absolute atomic E-state index is 14.1. The molecule has 0 amide bonds.